The van der Waals surface area contributed by atoms with Gasteiger partial charge in [0.1, 0.15) is 5.82 Å². The second-order valence-corrected chi connectivity index (χ2v) is 7.02. The number of hydrogen-bond acceptors (Lipinski definition) is 4. The van der Waals surface area contributed by atoms with Crippen molar-refractivity contribution in [3.63, 3.8) is 0 Å². The molecule has 0 unspecified atom stereocenters. The van der Waals surface area contributed by atoms with Crippen LogP contribution in [0.2, 0.25) is 0 Å². The van der Waals surface area contributed by atoms with Gasteiger partial charge < -0.3 is 4.52 Å². The maximum Gasteiger partial charge on any atom is 0.231 e. The Bertz CT molecular complexity index is 647. The zero-order valence-electron chi connectivity index (χ0n) is 13.3. The number of benzene rings is 1. The smallest absolute Gasteiger partial charge is 0.231 e. The first-order valence-electron chi connectivity index (χ1n) is 7.73. The summed E-state index contributed by atoms with van der Waals surface area (Å²) in [6.07, 6.45) is 0.972. The Morgan fingerprint density at radius 3 is 2.77 bits per heavy atom. The minimum Gasteiger partial charge on any atom is -0.339 e. The van der Waals surface area contributed by atoms with Crippen LogP contribution in [0, 0.1) is 5.82 Å². The fourth-order valence-corrected chi connectivity index (χ4v) is 2.75. The summed E-state index contributed by atoms with van der Waals surface area (Å²) < 4.78 is 19.2. The minimum absolute atomic E-state index is 0.104. The van der Waals surface area contributed by atoms with Crippen molar-refractivity contribution in [2.45, 2.75) is 45.1 Å². The molecule has 22 heavy (non-hydrogen) atoms. The molecule has 1 fully saturated rings. The highest BCUT2D eigenvalue weighted by Crippen LogP contribution is 2.29. The average molecular weight is 303 g/mol. The molecule has 2 heterocycles. The van der Waals surface area contributed by atoms with Crippen LogP contribution in [0.3, 0.4) is 0 Å². The van der Waals surface area contributed by atoms with Crippen LogP contribution in [0.1, 0.15) is 50.4 Å². The van der Waals surface area contributed by atoms with Gasteiger partial charge in [-0.3, -0.25) is 4.90 Å². The van der Waals surface area contributed by atoms with E-state index in [1.54, 1.807) is 6.07 Å². The summed E-state index contributed by atoms with van der Waals surface area (Å²) in [7, 11) is 0. The van der Waals surface area contributed by atoms with E-state index >= 15 is 0 Å². The first-order chi connectivity index (χ1) is 10.4. The summed E-state index contributed by atoms with van der Waals surface area (Å²) in [5.41, 5.74) is 0.636. The van der Waals surface area contributed by atoms with E-state index < -0.39 is 0 Å². The maximum absolute atomic E-state index is 13.7. The summed E-state index contributed by atoms with van der Waals surface area (Å²) in [6, 6.07) is 6.95. The van der Waals surface area contributed by atoms with Gasteiger partial charge in [-0.15, -0.1) is 0 Å². The van der Waals surface area contributed by atoms with Gasteiger partial charge in [0, 0.05) is 24.1 Å². The molecule has 1 saturated heterocycles. The topological polar surface area (TPSA) is 42.2 Å². The van der Waals surface area contributed by atoms with Gasteiger partial charge in [0.05, 0.1) is 5.92 Å². The Balaban J connectivity index is 1.65. The molecule has 4 nitrogen and oxygen atoms in total. The van der Waals surface area contributed by atoms with Gasteiger partial charge in [-0.1, -0.05) is 44.1 Å². The number of halogens is 1. The molecule has 0 N–H and O–H groups in total. The molecule has 0 aliphatic carbocycles. The lowest BCUT2D eigenvalue weighted by Crippen LogP contribution is -2.20. The summed E-state index contributed by atoms with van der Waals surface area (Å²) in [4.78, 5) is 6.78. The van der Waals surface area contributed by atoms with Crippen molar-refractivity contribution in [3.05, 3.63) is 47.4 Å². The number of nitrogens with zero attached hydrogens (tertiary/aromatic N) is 3. The van der Waals surface area contributed by atoms with Crippen LogP contribution in [-0.4, -0.2) is 28.1 Å². The Kier molecular flexibility index (Phi) is 4.00. The van der Waals surface area contributed by atoms with Crippen molar-refractivity contribution in [2.24, 2.45) is 0 Å². The number of hydrogen-bond donors (Lipinski definition) is 0. The third kappa shape index (κ3) is 3.19. The Morgan fingerprint density at radius 2 is 2.09 bits per heavy atom. The van der Waals surface area contributed by atoms with Crippen molar-refractivity contribution < 1.29 is 8.91 Å². The van der Waals surface area contributed by atoms with Crippen LogP contribution in [0.15, 0.2) is 28.8 Å². The zero-order chi connectivity index (χ0) is 15.7. The minimum atomic E-state index is -0.140. The molecule has 1 aliphatic heterocycles. The zero-order valence-corrected chi connectivity index (χ0v) is 13.3. The largest absolute Gasteiger partial charge is 0.339 e. The molecule has 1 aliphatic rings. The molecule has 0 saturated carbocycles. The van der Waals surface area contributed by atoms with Crippen LogP contribution in [0.4, 0.5) is 4.39 Å². The number of likely N-dealkylation sites (tertiary alicyclic amines) is 1. The highest BCUT2D eigenvalue weighted by Gasteiger charge is 2.30. The maximum atomic E-state index is 13.7. The van der Waals surface area contributed by atoms with E-state index in [4.69, 9.17) is 4.52 Å². The van der Waals surface area contributed by atoms with E-state index in [2.05, 4.69) is 35.8 Å². The normalized spacial score (nSPS) is 19.7. The van der Waals surface area contributed by atoms with Gasteiger partial charge in [0.15, 0.2) is 5.82 Å². The lowest BCUT2D eigenvalue weighted by atomic mass is 9.96. The molecule has 3 rings (SSSR count). The monoisotopic (exact) mass is 303 g/mol. The summed E-state index contributed by atoms with van der Waals surface area (Å²) in [5, 5.41) is 4.09. The molecule has 0 spiro atoms. The van der Waals surface area contributed by atoms with Crippen LogP contribution in [0.5, 0.6) is 0 Å². The molecule has 0 amide bonds. The van der Waals surface area contributed by atoms with E-state index in [0.29, 0.717) is 12.4 Å². The molecular weight excluding hydrogens is 281 g/mol. The molecule has 2 aromatic rings. The van der Waals surface area contributed by atoms with Crippen LogP contribution in [0.25, 0.3) is 0 Å². The van der Waals surface area contributed by atoms with Crippen LogP contribution >= 0.6 is 0 Å². The fraction of sp³-hybridized carbons (Fsp3) is 0.529. The Morgan fingerprint density at radius 1 is 1.32 bits per heavy atom. The van der Waals surface area contributed by atoms with Crippen molar-refractivity contribution in [1.29, 1.82) is 0 Å². The van der Waals surface area contributed by atoms with Gasteiger partial charge >= 0.3 is 0 Å². The first kappa shape index (κ1) is 15.2. The van der Waals surface area contributed by atoms with E-state index in [-0.39, 0.29) is 17.2 Å². The molecule has 1 aromatic heterocycles. The third-order valence-corrected chi connectivity index (χ3v) is 4.09. The number of rotatable bonds is 3. The molecule has 0 radical (unpaired) electrons. The predicted molar refractivity (Wildman–Crippen MR) is 82.0 cm³/mol. The van der Waals surface area contributed by atoms with Crippen molar-refractivity contribution in [3.8, 4) is 0 Å². The molecule has 0 bridgehead atoms. The third-order valence-electron chi connectivity index (χ3n) is 4.09. The van der Waals surface area contributed by atoms with Gasteiger partial charge in [0.2, 0.25) is 5.89 Å². The van der Waals surface area contributed by atoms with Crippen LogP contribution < -0.4 is 0 Å². The summed E-state index contributed by atoms with van der Waals surface area (Å²) in [5.74, 6) is 1.56. The number of aromatic nitrogens is 2. The Hall–Kier alpha value is -1.75. The lowest BCUT2D eigenvalue weighted by molar-refractivity contribution is 0.303. The standard InChI is InChI=1S/C17H22FN3O/c1-17(2,3)16-19-15(22-20-16)13-8-9-21(11-13)10-12-6-4-5-7-14(12)18/h4-7,13H,8-11H2,1-3H3/t13-/m0/s1. The predicted octanol–water partition coefficient (Wildman–Crippen LogP) is 3.50. The highest BCUT2D eigenvalue weighted by molar-refractivity contribution is 5.17. The van der Waals surface area contributed by atoms with Crippen LogP contribution in [-0.2, 0) is 12.0 Å². The second kappa shape index (κ2) is 5.80. The van der Waals surface area contributed by atoms with E-state index in [9.17, 15) is 4.39 Å². The highest BCUT2D eigenvalue weighted by atomic mass is 19.1. The molecule has 1 aromatic carbocycles. The van der Waals surface area contributed by atoms with E-state index in [1.807, 2.05) is 12.1 Å². The van der Waals surface area contributed by atoms with Crippen molar-refractivity contribution in [2.75, 3.05) is 13.1 Å². The SMILES string of the molecule is CC(C)(C)c1noc([C@H]2CCN(Cc3ccccc3F)C2)n1. The fourth-order valence-electron chi connectivity index (χ4n) is 2.75. The van der Waals surface area contributed by atoms with Gasteiger partial charge in [-0.25, -0.2) is 4.39 Å². The average Bonchev–Trinajstić information content (AvgIpc) is 3.09. The van der Waals surface area contributed by atoms with Crippen molar-refractivity contribution >= 4 is 0 Å². The quantitative estimate of drug-likeness (QED) is 0.870. The molecular formula is C17H22FN3O. The van der Waals surface area contributed by atoms with E-state index in [1.165, 1.54) is 6.07 Å². The first-order valence-corrected chi connectivity index (χ1v) is 7.73. The molecule has 5 heteroatoms. The van der Waals surface area contributed by atoms with Gasteiger partial charge in [-0.05, 0) is 19.0 Å². The second-order valence-electron chi connectivity index (χ2n) is 7.02. The summed E-state index contributed by atoms with van der Waals surface area (Å²) >= 11 is 0. The van der Waals surface area contributed by atoms with Gasteiger partial charge in [-0.2, -0.15) is 4.98 Å². The van der Waals surface area contributed by atoms with Crippen molar-refractivity contribution in [1.82, 2.24) is 15.0 Å². The van der Waals surface area contributed by atoms with E-state index in [0.717, 1.165) is 30.9 Å². The molecule has 118 valence electrons. The van der Waals surface area contributed by atoms with Gasteiger partial charge in [0.25, 0.3) is 0 Å². The Labute approximate surface area is 130 Å². The lowest BCUT2D eigenvalue weighted by Gasteiger charge is -2.15. The summed E-state index contributed by atoms with van der Waals surface area (Å²) in [6.45, 7) is 8.60. The molecule has 1 atom stereocenters.